The first-order chi connectivity index (χ1) is 10.1. The SMILES string of the molecule is CCNC1(C(=O)O)CCCC(N2CCCC(COC)C2)C1. The van der Waals surface area contributed by atoms with Crippen LogP contribution in [-0.2, 0) is 9.53 Å². The lowest BCUT2D eigenvalue weighted by Crippen LogP contribution is -2.59. The summed E-state index contributed by atoms with van der Waals surface area (Å²) in [7, 11) is 1.76. The van der Waals surface area contributed by atoms with Crippen molar-refractivity contribution in [2.75, 3.05) is 33.4 Å². The van der Waals surface area contributed by atoms with E-state index in [0.717, 1.165) is 45.4 Å². The molecule has 2 N–H and O–H groups in total. The molecule has 1 saturated heterocycles. The topological polar surface area (TPSA) is 61.8 Å². The Balaban J connectivity index is 2.00. The highest BCUT2D eigenvalue weighted by Gasteiger charge is 2.44. The zero-order valence-electron chi connectivity index (χ0n) is 13.4. The van der Waals surface area contributed by atoms with Gasteiger partial charge in [-0.15, -0.1) is 0 Å². The van der Waals surface area contributed by atoms with E-state index in [2.05, 4.69) is 10.2 Å². The summed E-state index contributed by atoms with van der Waals surface area (Å²) in [6, 6.07) is 0.397. The Hall–Kier alpha value is -0.650. The molecular formula is C16H30N2O3. The summed E-state index contributed by atoms with van der Waals surface area (Å²) >= 11 is 0. The number of carboxylic acids is 1. The molecule has 1 saturated carbocycles. The Bertz CT molecular complexity index is 344. The summed E-state index contributed by atoms with van der Waals surface area (Å²) in [6.45, 7) is 5.68. The molecule has 2 rings (SSSR count). The number of hydrogen-bond donors (Lipinski definition) is 2. The van der Waals surface area contributed by atoms with Crippen molar-refractivity contribution in [2.45, 2.75) is 57.0 Å². The molecule has 0 radical (unpaired) electrons. The van der Waals surface area contributed by atoms with Crippen molar-refractivity contribution >= 4 is 5.97 Å². The predicted octanol–water partition coefficient (Wildman–Crippen LogP) is 1.72. The van der Waals surface area contributed by atoms with Gasteiger partial charge in [-0.3, -0.25) is 9.69 Å². The number of carboxylic acid groups (broad SMARTS) is 1. The van der Waals surface area contributed by atoms with Crippen LogP contribution in [0.2, 0.25) is 0 Å². The van der Waals surface area contributed by atoms with Crippen LogP contribution in [0.3, 0.4) is 0 Å². The second-order valence-corrected chi connectivity index (χ2v) is 6.63. The molecule has 0 aromatic carbocycles. The van der Waals surface area contributed by atoms with E-state index in [1.54, 1.807) is 7.11 Å². The first-order valence-electron chi connectivity index (χ1n) is 8.32. The number of methoxy groups -OCH3 is 1. The minimum atomic E-state index is -0.716. The molecule has 2 aliphatic rings. The van der Waals surface area contributed by atoms with Crippen molar-refractivity contribution in [3.8, 4) is 0 Å². The first-order valence-corrected chi connectivity index (χ1v) is 8.32. The van der Waals surface area contributed by atoms with Crippen LogP contribution in [0, 0.1) is 5.92 Å². The molecule has 2 fully saturated rings. The summed E-state index contributed by atoms with van der Waals surface area (Å²) < 4.78 is 5.30. The Morgan fingerprint density at radius 1 is 1.43 bits per heavy atom. The van der Waals surface area contributed by atoms with Crippen LogP contribution >= 0.6 is 0 Å². The zero-order valence-corrected chi connectivity index (χ0v) is 13.4. The lowest BCUT2D eigenvalue weighted by molar-refractivity contribution is -0.147. The summed E-state index contributed by atoms with van der Waals surface area (Å²) in [5.41, 5.74) is -0.716. The smallest absolute Gasteiger partial charge is 0.323 e. The minimum Gasteiger partial charge on any atom is -0.480 e. The van der Waals surface area contributed by atoms with Crippen LogP contribution in [0.4, 0.5) is 0 Å². The van der Waals surface area contributed by atoms with Crippen molar-refractivity contribution in [3.63, 3.8) is 0 Å². The molecule has 1 heterocycles. The molecule has 3 atom stereocenters. The van der Waals surface area contributed by atoms with Crippen LogP contribution in [0.5, 0.6) is 0 Å². The van der Waals surface area contributed by atoms with Gasteiger partial charge in [-0.1, -0.05) is 6.92 Å². The first kappa shape index (κ1) is 16.7. The maximum absolute atomic E-state index is 11.8. The van der Waals surface area contributed by atoms with E-state index in [0.29, 0.717) is 18.5 Å². The van der Waals surface area contributed by atoms with Gasteiger partial charge < -0.3 is 15.2 Å². The van der Waals surface area contributed by atoms with Crippen molar-refractivity contribution in [3.05, 3.63) is 0 Å². The standard InChI is InChI=1S/C16H30N2O3/c1-3-17-16(15(19)20)8-4-7-14(10-16)18-9-5-6-13(11-18)12-21-2/h13-14,17H,3-12H2,1-2H3,(H,19,20). The molecule has 1 aliphatic carbocycles. The maximum Gasteiger partial charge on any atom is 0.323 e. The number of piperidine rings is 1. The minimum absolute atomic E-state index is 0.397. The number of aliphatic carboxylic acids is 1. The molecule has 0 aromatic heterocycles. The molecule has 0 bridgehead atoms. The molecular weight excluding hydrogens is 268 g/mol. The average molecular weight is 298 g/mol. The van der Waals surface area contributed by atoms with E-state index >= 15 is 0 Å². The molecule has 5 heteroatoms. The molecule has 0 aromatic rings. The van der Waals surface area contributed by atoms with Crippen molar-refractivity contribution in [2.24, 2.45) is 5.92 Å². The molecule has 122 valence electrons. The van der Waals surface area contributed by atoms with E-state index in [1.807, 2.05) is 6.92 Å². The number of hydrogen-bond acceptors (Lipinski definition) is 4. The second-order valence-electron chi connectivity index (χ2n) is 6.63. The highest BCUT2D eigenvalue weighted by Crippen LogP contribution is 2.33. The van der Waals surface area contributed by atoms with Crippen LogP contribution in [-0.4, -0.2) is 60.9 Å². The Morgan fingerprint density at radius 3 is 2.90 bits per heavy atom. The summed E-state index contributed by atoms with van der Waals surface area (Å²) in [6.07, 6.45) is 6.04. The second kappa shape index (κ2) is 7.56. The van der Waals surface area contributed by atoms with Gasteiger partial charge >= 0.3 is 5.97 Å². The van der Waals surface area contributed by atoms with Gasteiger partial charge in [0.15, 0.2) is 0 Å². The van der Waals surface area contributed by atoms with Gasteiger partial charge in [0, 0.05) is 19.7 Å². The van der Waals surface area contributed by atoms with E-state index in [9.17, 15) is 9.90 Å². The van der Waals surface area contributed by atoms with Crippen molar-refractivity contribution in [1.29, 1.82) is 0 Å². The Labute approximate surface area is 128 Å². The van der Waals surface area contributed by atoms with Gasteiger partial charge in [0.2, 0.25) is 0 Å². The number of nitrogens with one attached hydrogen (secondary N) is 1. The largest absolute Gasteiger partial charge is 0.480 e. The molecule has 21 heavy (non-hydrogen) atoms. The van der Waals surface area contributed by atoms with Gasteiger partial charge in [0.05, 0.1) is 6.61 Å². The Kier molecular flexibility index (Phi) is 6.02. The third-order valence-electron chi connectivity index (χ3n) is 5.12. The monoisotopic (exact) mass is 298 g/mol. The lowest BCUT2D eigenvalue weighted by Gasteiger charge is -2.45. The van der Waals surface area contributed by atoms with Gasteiger partial charge in [-0.25, -0.2) is 0 Å². The van der Waals surface area contributed by atoms with E-state index in [4.69, 9.17) is 4.74 Å². The molecule has 1 aliphatic heterocycles. The predicted molar refractivity (Wildman–Crippen MR) is 82.5 cm³/mol. The number of ether oxygens (including phenoxy) is 1. The normalized spacial score (nSPS) is 34.8. The third kappa shape index (κ3) is 3.96. The van der Waals surface area contributed by atoms with Gasteiger partial charge in [-0.05, 0) is 57.5 Å². The number of likely N-dealkylation sites (N-methyl/N-ethyl adjacent to an activating group) is 1. The average Bonchev–Trinajstić information content (AvgIpc) is 2.48. The quantitative estimate of drug-likeness (QED) is 0.782. The highest BCUT2D eigenvalue weighted by molar-refractivity contribution is 5.79. The zero-order chi connectivity index (χ0) is 15.3. The Morgan fingerprint density at radius 2 is 2.24 bits per heavy atom. The van der Waals surface area contributed by atoms with E-state index in [1.165, 1.54) is 12.8 Å². The number of likely N-dealkylation sites (tertiary alicyclic amines) is 1. The van der Waals surface area contributed by atoms with Crippen molar-refractivity contribution in [1.82, 2.24) is 10.2 Å². The van der Waals surface area contributed by atoms with Crippen LogP contribution < -0.4 is 5.32 Å². The fourth-order valence-corrected chi connectivity index (χ4v) is 4.13. The van der Waals surface area contributed by atoms with E-state index < -0.39 is 11.5 Å². The van der Waals surface area contributed by atoms with Gasteiger partial charge in [0.1, 0.15) is 5.54 Å². The molecule has 5 nitrogen and oxygen atoms in total. The number of nitrogens with zero attached hydrogens (tertiary/aromatic N) is 1. The third-order valence-corrected chi connectivity index (χ3v) is 5.12. The number of rotatable bonds is 6. The van der Waals surface area contributed by atoms with Crippen LogP contribution in [0.1, 0.15) is 45.4 Å². The fourth-order valence-electron chi connectivity index (χ4n) is 4.13. The van der Waals surface area contributed by atoms with E-state index in [-0.39, 0.29) is 0 Å². The highest BCUT2D eigenvalue weighted by atomic mass is 16.5. The summed E-state index contributed by atoms with van der Waals surface area (Å²) in [4.78, 5) is 14.3. The number of carbonyl (C=O) groups is 1. The molecule has 0 amide bonds. The van der Waals surface area contributed by atoms with Crippen LogP contribution in [0.15, 0.2) is 0 Å². The molecule has 3 unspecified atom stereocenters. The summed E-state index contributed by atoms with van der Waals surface area (Å²) in [5.74, 6) is -0.0801. The maximum atomic E-state index is 11.8. The fraction of sp³-hybridized carbons (Fsp3) is 0.938. The lowest BCUT2D eigenvalue weighted by atomic mass is 9.77. The summed E-state index contributed by atoms with van der Waals surface area (Å²) in [5, 5.41) is 12.9. The van der Waals surface area contributed by atoms with Crippen molar-refractivity contribution < 1.29 is 14.6 Å². The molecule has 0 spiro atoms. The van der Waals surface area contributed by atoms with Crippen LogP contribution in [0.25, 0.3) is 0 Å². The van der Waals surface area contributed by atoms with Gasteiger partial charge in [0.25, 0.3) is 0 Å². The van der Waals surface area contributed by atoms with Gasteiger partial charge in [-0.2, -0.15) is 0 Å².